The van der Waals surface area contributed by atoms with E-state index in [-0.39, 0.29) is 5.91 Å². The molecule has 1 aliphatic heterocycles. The van der Waals surface area contributed by atoms with Crippen LogP contribution in [0.1, 0.15) is 60.4 Å². The molecule has 0 spiro atoms. The second-order valence-electron chi connectivity index (χ2n) is 8.18. The number of piperidine rings is 1. The highest BCUT2D eigenvalue weighted by Crippen LogP contribution is 2.32. The summed E-state index contributed by atoms with van der Waals surface area (Å²) in [5, 5.41) is 8.30. The van der Waals surface area contributed by atoms with Crippen molar-refractivity contribution in [3.63, 3.8) is 0 Å². The number of nitrogens with two attached hydrogens (primary N) is 2. The molecular weight excluding hydrogens is 398 g/mol. The number of hydrogen-bond acceptors (Lipinski definition) is 7. The van der Waals surface area contributed by atoms with Gasteiger partial charge in [-0.3, -0.25) is 9.48 Å². The van der Waals surface area contributed by atoms with Gasteiger partial charge in [-0.2, -0.15) is 5.10 Å². The highest BCUT2D eigenvalue weighted by Gasteiger charge is 2.28. The van der Waals surface area contributed by atoms with Gasteiger partial charge in [-0.05, 0) is 56.6 Å². The average Bonchev–Trinajstić information content (AvgIpc) is 3.32. The molecule has 1 fully saturated rings. The third kappa shape index (κ3) is 4.28. The number of aromatic nitrogens is 3. The largest absolute Gasteiger partial charge is 0.355 e. The maximum atomic E-state index is 13.1. The predicted molar refractivity (Wildman–Crippen MR) is 121 cm³/mol. The second kappa shape index (κ2) is 9.28. The van der Waals surface area contributed by atoms with Crippen molar-refractivity contribution in [1.82, 2.24) is 14.8 Å². The number of allylic oxidation sites excluding steroid dienone is 2. The quantitative estimate of drug-likeness (QED) is 0.430. The molecule has 0 bridgehead atoms. The van der Waals surface area contributed by atoms with E-state index in [0.29, 0.717) is 17.3 Å². The SMILES string of the molecule is Cn1ncc(N(N)C(=O)c2csc(C3=CCCCCC3)n2)c1N1CCC(CN)CC1. The Bertz CT molecular complexity index is 910. The minimum absolute atomic E-state index is 0.308. The summed E-state index contributed by atoms with van der Waals surface area (Å²) < 4.78 is 1.79. The van der Waals surface area contributed by atoms with Crippen LogP contribution >= 0.6 is 11.3 Å². The minimum atomic E-state index is -0.308. The van der Waals surface area contributed by atoms with Crippen molar-refractivity contribution < 1.29 is 4.79 Å². The highest BCUT2D eigenvalue weighted by molar-refractivity contribution is 7.11. The lowest BCUT2D eigenvalue weighted by Crippen LogP contribution is -2.41. The number of carbonyl (C=O) groups is 1. The van der Waals surface area contributed by atoms with Crippen LogP contribution in [0, 0.1) is 5.92 Å². The van der Waals surface area contributed by atoms with Crippen LogP contribution in [0.25, 0.3) is 5.57 Å². The van der Waals surface area contributed by atoms with E-state index >= 15 is 0 Å². The first-order valence-corrected chi connectivity index (χ1v) is 11.7. The van der Waals surface area contributed by atoms with Gasteiger partial charge in [-0.1, -0.05) is 12.5 Å². The van der Waals surface area contributed by atoms with Crippen LogP contribution in [0.3, 0.4) is 0 Å². The summed E-state index contributed by atoms with van der Waals surface area (Å²) >= 11 is 1.52. The molecule has 4 N–H and O–H groups in total. The lowest BCUT2D eigenvalue weighted by Gasteiger charge is -2.34. The Morgan fingerprint density at radius 3 is 2.87 bits per heavy atom. The summed E-state index contributed by atoms with van der Waals surface area (Å²) in [5.41, 5.74) is 8.08. The summed E-state index contributed by atoms with van der Waals surface area (Å²) in [6, 6.07) is 0. The number of anilines is 2. The summed E-state index contributed by atoms with van der Waals surface area (Å²) in [6.07, 6.45) is 11.8. The molecule has 0 atom stereocenters. The molecule has 1 aliphatic carbocycles. The van der Waals surface area contributed by atoms with Crippen molar-refractivity contribution in [3.8, 4) is 0 Å². The predicted octanol–water partition coefficient (Wildman–Crippen LogP) is 2.92. The number of amides is 1. The molecular formula is C21H31N7OS. The number of hydrogen-bond donors (Lipinski definition) is 2. The monoisotopic (exact) mass is 429 g/mol. The van der Waals surface area contributed by atoms with Crippen molar-refractivity contribution in [2.24, 2.45) is 24.5 Å². The Labute approximate surface area is 181 Å². The smallest absolute Gasteiger partial charge is 0.292 e. The molecule has 1 amide bonds. The zero-order valence-corrected chi connectivity index (χ0v) is 18.4. The van der Waals surface area contributed by atoms with E-state index in [1.54, 1.807) is 10.9 Å². The zero-order chi connectivity index (χ0) is 21.1. The number of hydrazine groups is 1. The van der Waals surface area contributed by atoms with Crippen LogP contribution < -0.4 is 21.5 Å². The molecule has 9 heteroatoms. The molecule has 0 saturated carbocycles. The molecule has 1 saturated heterocycles. The Balaban J connectivity index is 1.52. The fourth-order valence-electron chi connectivity index (χ4n) is 4.30. The van der Waals surface area contributed by atoms with Crippen molar-refractivity contribution >= 4 is 34.3 Å². The normalized spacial score (nSPS) is 18.2. The Morgan fingerprint density at radius 1 is 1.30 bits per heavy atom. The molecule has 30 heavy (non-hydrogen) atoms. The fourth-order valence-corrected chi connectivity index (χ4v) is 5.16. The lowest BCUT2D eigenvalue weighted by molar-refractivity contribution is 0.0982. The first-order chi connectivity index (χ1) is 14.6. The number of rotatable bonds is 5. The number of carbonyl (C=O) groups excluding carboxylic acids is 1. The van der Waals surface area contributed by atoms with Gasteiger partial charge >= 0.3 is 0 Å². The van der Waals surface area contributed by atoms with Crippen LogP contribution in [0.2, 0.25) is 0 Å². The lowest BCUT2D eigenvalue weighted by atomic mass is 9.97. The average molecular weight is 430 g/mol. The topological polar surface area (TPSA) is 106 Å². The minimum Gasteiger partial charge on any atom is -0.355 e. The first kappa shape index (κ1) is 21.0. The Morgan fingerprint density at radius 2 is 2.10 bits per heavy atom. The van der Waals surface area contributed by atoms with Gasteiger partial charge in [-0.25, -0.2) is 15.8 Å². The molecule has 162 valence electrons. The first-order valence-electron chi connectivity index (χ1n) is 10.8. The van der Waals surface area contributed by atoms with E-state index in [9.17, 15) is 4.79 Å². The van der Waals surface area contributed by atoms with Crippen LogP contribution in [0.5, 0.6) is 0 Å². The molecule has 0 radical (unpaired) electrons. The third-order valence-electron chi connectivity index (χ3n) is 6.15. The van der Waals surface area contributed by atoms with E-state index in [4.69, 9.17) is 11.6 Å². The van der Waals surface area contributed by atoms with Gasteiger partial charge in [0.15, 0.2) is 5.82 Å². The third-order valence-corrected chi connectivity index (χ3v) is 7.07. The summed E-state index contributed by atoms with van der Waals surface area (Å²) in [5.74, 6) is 7.40. The second-order valence-corrected chi connectivity index (χ2v) is 9.04. The fraction of sp³-hybridized carbons (Fsp3) is 0.571. The zero-order valence-electron chi connectivity index (χ0n) is 17.6. The Hall–Kier alpha value is -2.23. The molecule has 4 rings (SSSR count). The van der Waals surface area contributed by atoms with Crippen LogP contribution in [-0.4, -0.2) is 40.3 Å². The Kier molecular flexibility index (Phi) is 6.50. The van der Waals surface area contributed by atoms with E-state index in [2.05, 4.69) is 21.1 Å². The molecule has 2 aliphatic rings. The number of nitrogens with zero attached hydrogens (tertiary/aromatic N) is 5. The van der Waals surface area contributed by atoms with Crippen molar-refractivity contribution in [2.75, 3.05) is 29.5 Å². The van der Waals surface area contributed by atoms with E-state index in [0.717, 1.165) is 56.1 Å². The van der Waals surface area contributed by atoms with Gasteiger partial charge in [0.2, 0.25) is 0 Å². The van der Waals surface area contributed by atoms with E-state index in [1.807, 2.05) is 12.4 Å². The van der Waals surface area contributed by atoms with Crippen LogP contribution in [-0.2, 0) is 7.05 Å². The van der Waals surface area contributed by atoms with Crippen molar-refractivity contribution in [2.45, 2.75) is 44.9 Å². The summed E-state index contributed by atoms with van der Waals surface area (Å²) in [4.78, 5) is 20.0. The molecule has 0 aromatic carbocycles. The summed E-state index contributed by atoms with van der Waals surface area (Å²) in [7, 11) is 1.88. The molecule has 0 unspecified atom stereocenters. The maximum absolute atomic E-state index is 13.1. The van der Waals surface area contributed by atoms with Gasteiger partial charge < -0.3 is 10.6 Å². The van der Waals surface area contributed by atoms with Crippen LogP contribution in [0.4, 0.5) is 11.5 Å². The van der Waals surface area contributed by atoms with Gasteiger partial charge in [-0.15, -0.1) is 11.3 Å². The molecule has 3 heterocycles. The van der Waals surface area contributed by atoms with E-state index in [1.165, 1.54) is 41.2 Å². The van der Waals surface area contributed by atoms with Gasteiger partial charge in [0, 0.05) is 25.5 Å². The summed E-state index contributed by atoms with van der Waals surface area (Å²) in [6.45, 7) is 2.48. The molecule has 8 nitrogen and oxygen atoms in total. The number of aryl methyl sites for hydroxylation is 1. The van der Waals surface area contributed by atoms with Gasteiger partial charge in [0.25, 0.3) is 5.91 Å². The molecule has 2 aromatic rings. The maximum Gasteiger partial charge on any atom is 0.292 e. The van der Waals surface area contributed by atoms with Gasteiger partial charge in [0.05, 0.1) is 6.20 Å². The number of thiazole rings is 1. The standard InChI is InChI=1S/C21H31N7OS/c1-26-20(27-10-8-15(12-22)9-11-27)18(13-24-26)28(23)21(29)17-14-30-19(25-17)16-6-4-2-3-5-7-16/h6,13-15H,2-5,7-12,22-23H2,1H3. The molecule has 2 aromatic heterocycles. The van der Waals surface area contributed by atoms with E-state index < -0.39 is 0 Å². The van der Waals surface area contributed by atoms with Gasteiger partial charge in [0.1, 0.15) is 16.4 Å². The van der Waals surface area contributed by atoms with Crippen molar-refractivity contribution in [1.29, 1.82) is 0 Å². The van der Waals surface area contributed by atoms with Crippen LogP contribution in [0.15, 0.2) is 17.7 Å². The van der Waals surface area contributed by atoms with Crippen molar-refractivity contribution in [3.05, 3.63) is 28.4 Å². The highest BCUT2D eigenvalue weighted by atomic mass is 32.1.